The summed E-state index contributed by atoms with van der Waals surface area (Å²) >= 11 is 0. The van der Waals surface area contributed by atoms with E-state index in [1.807, 2.05) is 11.6 Å². The van der Waals surface area contributed by atoms with Crippen molar-refractivity contribution >= 4 is 18.4 Å². The van der Waals surface area contributed by atoms with Gasteiger partial charge in [-0.15, -0.1) is 12.4 Å². The summed E-state index contributed by atoms with van der Waals surface area (Å²) in [6, 6.07) is -0.611. The number of hydrogen-bond donors (Lipinski definition) is 1. The maximum Gasteiger partial charge on any atom is 0.323 e. The average Bonchev–Trinajstić information content (AvgIpc) is 2.50. The number of halogens is 1. The number of hydrogen-bond acceptors (Lipinski definition) is 4. The molecule has 2 N–H and O–H groups in total. The predicted octanol–water partition coefficient (Wildman–Crippen LogP) is -0.115. The number of imidazole rings is 1. The third kappa shape index (κ3) is 3.01. The van der Waals surface area contributed by atoms with Crippen LogP contribution in [0.3, 0.4) is 0 Å². The first-order valence-corrected chi connectivity index (χ1v) is 3.93. The zero-order chi connectivity index (χ0) is 9.84. The van der Waals surface area contributed by atoms with Crippen molar-refractivity contribution in [1.29, 1.82) is 0 Å². The first kappa shape index (κ1) is 12.9. The van der Waals surface area contributed by atoms with Crippen molar-refractivity contribution in [3.8, 4) is 0 Å². The van der Waals surface area contributed by atoms with Crippen molar-refractivity contribution in [2.45, 2.75) is 12.5 Å². The minimum absolute atomic E-state index is 0. The zero-order valence-corrected chi connectivity index (χ0v) is 8.95. The third-order valence-corrected chi connectivity index (χ3v) is 1.85. The molecule has 0 saturated heterocycles. The molecule has 0 aliphatic rings. The van der Waals surface area contributed by atoms with Crippen LogP contribution in [0, 0.1) is 0 Å². The highest BCUT2D eigenvalue weighted by Crippen LogP contribution is 2.00. The molecule has 0 bridgehead atoms. The molecule has 0 spiro atoms. The minimum atomic E-state index is -0.611. The molecule has 1 heterocycles. The van der Waals surface area contributed by atoms with Crippen molar-refractivity contribution in [3.05, 3.63) is 18.2 Å². The Balaban J connectivity index is 0.00000169. The van der Waals surface area contributed by atoms with Crippen molar-refractivity contribution in [2.75, 3.05) is 7.11 Å². The number of rotatable bonds is 3. The van der Waals surface area contributed by atoms with Crippen molar-refractivity contribution in [2.24, 2.45) is 12.8 Å². The van der Waals surface area contributed by atoms with Gasteiger partial charge in [0.15, 0.2) is 0 Å². The van der Waals surface area contributed by atoms with Gasteiger partial charge in [-0.05, 0) is 0 Å². The van der Waals surface area contributed by atoms with Crippen molar-refractivity contribution < 1.29 is 9.53 Å². The van der Waals surface area contributed by atoms with E-state index in [0.717, 1.165) is 5.69 Å². The summed E-state index contributed by atoms with van der Waals surface area (Å²) in [5.74, 6) is -0.402. The lowest BCUT2D eigenvalue weighted by molar-refractivity contribution is -0.142. The summed E-state index contributed by atoms with van der Waals surface area (Å²) in [6.07, 6.45) is 3.80. The van der Waals surface area contributed by atoms with Crippen LogP contribution in [0.1, 0.15) is 5.69 Å². The van der Waals surface area contributed by atoms with Gasteiger partial charge in [0.25, 0.3) is 0 Å². The lowest BCUT2D eigenvalue weighted by atomic mass is 10.2. The van der Waals surface area contributed by atoms with E-state index in [1.165, 1.54) is 7.11 Å². The first-order chi connectivity index (χ1) is 6.15. The Labute approximate surface area is 88.7 Å². The fraction of sp³-hybridized carbons (Fsp3) is 0.500. The van der Waals surface area contributed by atoms with Crippen LogP contribution in [0.4, 0.5) is 0 Å². The molecule has 0 aromatic carbocycles. The van der Waals surface area contributed by atoms with E-state index in [1.54, 1.807) is 12.5 Å². The van der Waals surface area contributed by atoms with Gasteiger partial charge in [0.1, 0.15) is 6.04 Å². The first-order valence-electron chi connectivity index (χ1n) is 3.93. The Bertz CT molecular complexity index is 301. The summed E-state index contributed by atoms with van der Waals surface area (Å²) in [5.41, 5.74) is 6.49. The lowest BCUT2D eigenvalue weighted by Gasteiger charge is -2.08. The fourth-order valence-electron chi connectivity index (χ4n) is 1.04. The largest absolute Gasteiger partial charge is 0.468 e. The van der Waals surface area contributed by atoms with Gasteiger partial charge < -0.3 is 15.0 Å². The molecule has 0 aliphatic heterocycles. The minimum Gasteiger partial charge on any atom is -0.468 e. The van der Waals surface area contributed by atoms with Crippen LogP contribution >= 0.6 is 12.4 Å². The monoisotopic (exact) mass is 219 g/mol. The molecule has 1 aromatic rings. The second-order valence-corrected chi connectivity index (χ2v) is 2.83. The van der Waals surface area contributed by atoms with Crippen LogP contribution < -0.4 is 5.73 Å². The SMILES string of the molecule is COC(=O)C(N)Cc1cncn1C.Cl. The number of nitrogens with two attached hydrogens (primary N) is 1. The van der Waals surface area contributed by atoms with Crippen LogP contribution in [-0.4, -0.2) is 28.7 Å². The number of ether oxygens (including phenoxy) is 1. The lowest BCUT2D eigenvalue weighted by Crippen LogP contribution is -2.34. The van der Waals surface area contributed by atoms with Gasteiger partial charge in [-0.1, -0.05) is 0 Å². The van der Waals surface area contributed by atoms with E-state index in [0.29, 0.717) is 6.42 Å². The Morgan fingerprint density at radius 2 is 2.43 bits per heavy atom. The molecule has 1 unspecified atom stereocenters. The Kier molecular flexibility index (Phi) is 5.19. The van der Waals surface area contributed by atoms with E-state index in [-0.39, 0.29) is 12.4 Å². The Hall–Kier alpha value is -1.07. The molecule has 0 saturated carbocycles. The number of aryl methyl sites for hydroxylation is 1. The molecule has 0 amide bonds. The van der Waals surface area contributed by atoms with Gasteiger partial charge in [-0.3, -0.25) is 4.79 Å². The van der Waals surface area contributed by atoms with Gasteiger partial charge in [0.2, 0.25) is 0 Å². The molecule has 6 heteroatoms. The summed E-state index contributed by atoms with van der Waals surface area (Å²) in [6.45, 7) is 0. The van der Waals surface area contributed by atoms with E-state index in [2.05, 4.69) is 9.72 Å². The number of methoxy groups -OCH3 is 1. The van der Waals surface area contributed by atoms with Crippen molar-refractivity contribution in [3.63, 3.8) is 0 Å². The van der Waals surface area contributed by atoms with E-state index in [9.17, 15) is 4.79 Å². The third-order valence-electron chi connectivity index (χ3n) is 1.85. The molecule has 0 radical (unpaired) electrons. The van der Waals surface area contributed by atoms with Gasteiger partial charge in [0.05, 0.1) is 13.4 Å². The van der Waals surface area contributed by atoms with Gasteiger partial charge in [-0.2, -0.15) is 0 Å². The molecule has 80 valence electrons. The molecule has 1 rings (SSSR count). The van der Waals surface area contributed by atoms with Crippen LogP contribution in [-0.2, 0) is 23.0 Å². The second kappa shape index (κ2) is 5.62. The second-order valence-electron chi connectivity index (χ2n) is 2.83. The molecule has 1 aromatic heterocycles. The highest BCUT2D eigenvalue weighted by atomic mass is 35.5. The molecular formula is C8H14ClN3O2. The van der Waals surface area contributed by atoms with E-state index in [4.69, 9.17) is 5.73 Å². The molecule has 5 nitrogen and oxygen atoms in total. The number of carbonyl (C=O) groups excluding carboxylic acids is 1. The van der Waals surface area contributed by atoms with Crippen LogP contribution in [0.2, 0.25) is 0 Å². The summed E-state index contributed by atoms with van der Waals surface area (Å²) < 4.78 is 6.33. The van der Waals surface area contributed by atoms with Crippen molar-refractivity contribution in [1.82, 2.24) is 9.55 Å². The molecule has 0 fully saturated rings. The maximum atomic E-state index is 11.0. The summed E-state index contributed by atoms with van der Waals surface area (Å²) in [4.78, 5) is 14.9. The fourth-order valence-corrected chi connectivity index (χ4v) is 1.04. The molecule has 1 atom stereocenters. The number of nitrogens with zero attached hydrogens (tertiary/aromatic N) is 2. The van der Waals surface area contributed by atoms with Gasteiger partial charge in [-0.25, -0.2) is 4.98 Å². The number of carbonyl (C=O) groups is 1. The normalized spacial score (nSPS) is 11.6. The molecule has 14 heavy (non-hydrogen) atoms. The van der Waals surface area contributed by atoms with E-state index < -0.39 is 12.0 Å². The average molecular weight is 220 g/mol. The summed E-state index contributed by atoms with van der Waals surface area (Å²) in [7, 11) is 3.18. The molecule has 0 aliphatic carbocycles. The van der Waals surface area contributed by atoms with Gasteiger partial charge >= 0.3 is 5.97 Å². The smallest absolute Gasteiger partial charge is 0.323 e. The maximum absolute atomic E-state index is 11.0. The Morgan fingerprint density at radius 1 is 1.79 bits per heavy atom. The standard InChI is InChI=1S/C8H13N3O2.ClH/c1-11-5-10-4-6(11)3-7(9)8(12)13-2;/h4-5,7H,3,9H2,1-2H3;1H. The van der Waals surface area contributed by atoms with Crippen LogP contribution in [0.15, 0.2) is 12.5 Å². The number of aromatic nitrogens is 2. The number of esters is 1. The highest BCUT2D eigenvalue weighted by Gasteiger charge is 2.15. The van der Waals surface area contributed by atoms with Crippen LogP contribution in [0.5, 0.6) is 0 Å². The van der Waals surface area contributed by atoms with E-state index >= 15 is 0 Å². The van der Waals surface area contributed by atoms with Gasteiger partial charge in [0, 0.05) is 25.4 Å². The zero-order valence-electron chi connectivity index (χ0n) is 8.14. The van der Waals surface area contributed by atoms with Crippen LogP contribution in [0.25, 0.3) is 0 Å². The summed E-state index contributed by atoms with van der Waals surface area (Å²) in [5, 5.41) is 0. The quantitative estimate of drug-likeness (QED) is 0.720. The Morgan fingerprint density at radius 3 is 2.86 bits per heavy atom. The predicted molar refractivity (Wildman–Crippen MR) is 54.2 cm³/mol. The molecular weight excluding hydrogens is 206 g/mol. The topological polar surface area (TPSA) is 70.1 Å². The highest BCUT2D eigenvalue weighted by molar-refractivity contribution is 5.85.